The second-order valence-electron chi connectivity index (χ2n) is 6.64. The van der Waals surface area contributed by atoms with Gasteiger partial charge in [0.05, 0.1) is 18.4 Å². The molecule has 24 heavy (non-hydrogen) atoms. The Morgan fingerprint density at radius 3 is 2.83 bits per heavy atom. The molecule has 0 radical (unpaired) electrons. The maximum Gasteiger partial charge on any atom is 0.344 e. The number of nitrogens with zero attached hydrogens (tertiary/aromatic N) is 3. The smallest absolute Gasteiger partial charge is 0.344 e. The van der Waals surface area contributed by atoms with E-state index in [0.717, 1.165) is 32.3 Å². The molecular formula is C16H26N4O3S. The first-order chi connectivity index (χ1) is 11.6. The lowest BCUT2D eigenvalue weighted by atomic mass is 9.94. The molecule has 1 saturated heterocycles. The Kier molecular flexibility index (Phi) is 5.99. The molecule has 1 aliphatic carbocycles. The van der Waals surface area contributed by atoms with Crippen LogP contribution in [-0.4, -0.2) is 57.1 Å². The first-order valence-electron chi connectivity index (χ1n) is 8.80. The molecule has 0 spiro atoms. The molecule has 1 aromatic rings. The first kappa shape index (κ1) is 17.5. The Balaban J connectivity index is 1.55. The molecule has 1 saturated carbocycles. The summed E-state index contributed by atoms with van der Waals surface area (Å²) in [4.78, 5) is 26.2. The number of ether oxygens (including phenoxy) is 1. The number of carbonyl (C=O) groups excluding carboxylic acids is 1. The van der Waals surface area contributed by atoms with Gasteiger partial charge in [-0.1, -0.05) is 31.0 Å². The summed E-state index contributed by atoms with van der Waals surface area (Å²) in [5.74, 6) is 0.411. The fourth-order valence-corrected chi connectivity index (χ4v) is 4.35. The molecule has 1 atom stereocenters. The summed E-state index contributed by atoms with van der Waals surface area (Å²) < 4.78 is 7.19. The number of H-pyrrole nitrogens is 1. The second kappa shape index (κ2) is 8.20. The molecule has 134 valence electrons. The number of hydrogen-bond acceptors (Lipinski definition) is 5. The molecule has 2 aliphatic rings. The van der Waals surface area contributed by atoms with Gasteiger partial charge in [0.1, 0.15) is 0 Å². The molecule has 1 amide bonds. The van der Waals surface area contributed by atoms with Crippen LogP contribution in [0, 0.1) is 0 Å². The lowest BCUT2D eigenvalue weighted by Gasteiger charge is -2.31. The third-order valence-electron chi connectivity index (χ3n) is 4.97. The van der Waals surface area contributed by atoms with E-state index in [1.54, 1.807) is 4.57 Å². The molecule has 2 heterocycles. The highest BCUT2D eigenvalue weighted by Gasteiger charge is 2.24. The van der Waals surface area contributed by atoms with Crippen LogP contribution in [-0.2, 0) is 16.1 Å². The predicted molar refractivity (Wildman–Crippen MR) is 92.2 cm³/mol. The van der Waals surface area contributed by atoms with Crippen LogP contribution >= 0.6 is 11.8 Å². The minimum Gasteiger partial charge on any atom is -0.376 e. The van der Waals surface area contributed by atoms with Gasteiger partial charge in [-0.15, -0.1) is 5.10 Å². The highest BCUT2D eigenvalue weighted by atomic mass is 32.2. The zero-order chi connectivity index (χ0) is 16.9. The molecule has 0 unspecified atom stereocenters. The van der Waals surface area contributed by atoms with Gasteiger partial charge in [-0.05, 0) is 25.7 Å². The van der Waals surface area contributed by atoms with Crippen LogP contribution in [0.25, 0.3) is 0 Å². The predicted octanol–water partition coefficient (Wildman–Crippen LogP) is 1.63. The average Bonchev–Trinajstić information content (AvgIpc) is 3.24. The van der Waals surface area contributed by atoms with Crippen molar-refractivity contribution in [3.05, 3.63) is 10.5 Å². The van der Waals surface area contributed by atoms with E-state index in [9.17, 15) is 9.59 Å². The van der Waals surface area contributed by atoms with Crippen molar-refractivity contribution in [2.45, 2.75) is 68.8 Å². The van der Waals surface area contributed by atoms with E-state index in [2.05, 4.69) is 10.2 Å². The molecule has 2 fully saturated rings. The van der Waals surface area contributed by atoms with Crippen molar-refractivity contribution in [1.82, 2.24) is 19.7 Å². The van der Waals surface area contributed by atoms with Crippen molar-refractivity contribution in [2.24, 2.45) is 0 Å². The number of hydrogen-bond donors (Lipinski definition) is 1. The highest BCUT2D eigenvalue weighted by Crippen LogP contribution is 2.23. The van der Waals surface area contributed by atoms with Gasteiger partial charge in [-0.2, -0.15) is 0 Å². The molecule has 0 aromatic carbocycles. The zero-order valence-corrected chi connectivity index (χ0v) is 15.0. The van der Waals surface area contributed by atoms with Crippen LogP contribution in [0.4, 0.5) is 0 Å². The number of amides is 1. The largest absolute Gasteiger partial charge is 0.376 e. The monoisotopic (exact) mass is 354 g/mol. The minimum absolute atomic E-state index is 0.0697. The van der Waals surface area contributed by atoms with E-state index in [1.165, 1.54) is 31.0 Å². The fraction of sp³-hybridized carbons (Fsp3) is 0.812. The molecule has 1 aliphatic heterocycles. The number of thioether (sulfide) groups is 1. The van der Waals surface area contributed by atoms with Crippen LogP contribution in [0.3, 0.4) is 0 Å². The van der Waals surface area contributed by atoms with Crippen molar-refractivity contribution < 1.29 is 9.53 Å². The van der Waals surface area contributed by atoms with E-state index in [-0.39, 0.29) is 17.7 Å². The maximum absolute atomic E-state index is 12.4. The SMILES string of the molecule is CN(C(=O)CSc1n[nH]c(=O)n1C[C@@H]1CCCO1)C1CCCCC1. The number of carbonyl (C=O) groups is 1. The van der Waals surface area contributed by atoms with Crippen LogP contribution in [0.15, 0.2) is 9.95 Å². The van der Waals surface area contributed by atoms with Crippen LogP contribution in [0.1, 0.15) is 44.9 Å². The third kappa shape index (κ3) is 4.22. The Bertz CT molecular complexity index is 603. The number of aromatic amines is 1. The summed E-state index contributed by atoms with van der Waals surface area (Å²) in [6.07, 6.45) is 7.94. The molecular weight excluding hydrogens is 328 g/mol. The molecule has 7 nitrogen and oxygen atoms in total. The first-order valence-corrected chi connectivity index (χ1v) is 9.79. The quantitative estimate of drug-likeness (QED) is 0.786. The second-order valence-corrected chi connectivity index (χ2v) is 7.58. The zero-order valence-electron chi connectivity index (χ0n) is 14.2. The normalized spacial score (nSPS) is 22.0. The molecule has 1 aromatic heterocycles. The van der Waals surface area contributed by atoms with Crippen molar-refractivity contribution in [3.8, 4) is 0 Å². The van der Waals surface area contributed by atoms with Crippen molar-refractivity contribution in [3.63, 3.8) is 0 Å². The summed E-state index contributed by atoms with van der Waals surface area (Å²) in [6.45, 7) is 1.26. The summed E-state index contributed by atoms with van der Waals surface area (Å²) in [6, 6.07) is 0.361. The Hall–Kier alpha value is -1.28. The summed E-state index contributed by atoms with van der Waals surface area (Å²) in [7, 11) is 1.89. The molecule has 8 heteroatoms. The summed E-state index contributed by atoms with van der Waals surface area (Å²) >= 11 is 1.33. The Labute approximate surface area is 146 Å². The number of aromatic nitrogens is 3. The minimum atomic E-state index is -0.235. The number of rotatable bonds is 6. The van der Waals surface area contributed by atoms with E-state index < -0.39 is 0 Å². The lowest BCUT2D eigenvalue weighted by Crippen LogP contribution is -2.39. The van der Waals surface area contributed by atoms with Gasteiger partial charge in [-0.3, -0.25) is 9.36 Å². The van der Waals surface area contributed by atoms with E-state index in [4.69, 9.17) is 4.74 Å². The Morgan fingerprint density at radius 1 is 1.33 bits per heavy atom. The van der Waals surface area contributed by atoms with Crippen LogP contribution in [0.2, 0.25) is 0 Å². The van der Waals surface area contributed by atoms with E-state index >= 15 is 0 Å². The molecule has 1 N–H and O–H groups in total. The van der Waals surface area contributed by atoms with Gasteiger partial charge in [0.25, 0.3) is 0 Å². The lowest BCUT2D eigenvalue weighted by molar-refractivity contribution is -0.129. The van der Waals surface area contributed by atoms with Gasteiger partial charge in [0.2, 0.25) is 5.91 Å². The number of nitrogens with one attached hydrogen (secondary N) is 1. The van der Waals surface area contributed by atoms with Gasteiger partial charge in [0.15, 0.2) is 5.16 Å². The maximum atomic E-state index is 12.4. The Morgan fingerprint density at radius 2 is 2.12 bits per heavy atom. The molecule has 0 bridgehead atoms. The van der Waals surface area contributed by atoms with Crippen molar-refractivity contribution >= 4 is 17.7 Å². The topological polar surface area (TPSA) is 80.2 Å². The average molecular weight is 354 g/mol. The summed E-state index contributed by atoms with van der Waals surface area (Å²) in [5, 5.41) is 7.12. The standard InChI is InChI=1S/C16H26N4O3S/c1-19(12-6-3-2-4-7-12)14(21)11-24-16-18-17-15(22)20(16)10-13-8-5-9-23-13/h12-13H,2-11H2,1H3,(H,17,22)/t13-/m0/s1. The highest BCUT2D eigenvalue weighted by molar-refractivity contribution is 7.99. The van der Waals surface area contributed by atoms with Gasteiger partial charge in [-0.25, -0.2) is 9.89 Å². The third-order valence-corrected chi connectivity index (χ3v) is 5.94. The van der Waals surface area contributed by atoms with E-state index in [1.807, 2.05) is 11.9 Å². The van der Waals surface area contributed by atoms with Crippen molar-refractivity contribution in [2.75, 3.05) is 19.4 Å². The van der Waals surface area contributed by atoms with Gasteiger partial charge >= 0.3 is 5.69 Å². The summed E-state index contributed by atoms with van der Waals surface area (Å²) in [5.41, 5.74) is -0.235. The molecule has 3 rings (SSSR count). The van der Waals surface area contributed by atoms with Gasteiger partial charge < -0.3 is 9.64 Å². The fourth-order valence-electron chi connectivity index (χ4n) is 3.47. The van der Waals surface area contributed by atoms with Gasteiger partial charge in [0, 0.05) is 19.7 Å². The van der Waals surface area contributed by atoms with E-state index in [0.29, 0.717) is 23.5 Å². The van der Waals surface area contributed by atoms with Crippen LogP contribution in [0.5, 0.6) is 0 Å². The van der Waals surface area contributed by atoms with Crippen molar-refractivity contribution in [1.29, 1.82) is 0 Å². The van der Waals surface area contributed by atoms with Crippen LogP contribution < -0.4 is 5.69 Å².